The van der Waals surface area contributed by atoms with Crippen molar-refractivity contribution in [2.75, 3.05) is 32.8 Å². The van der Waals surface area contributed by atoms with Gasteiger partial charge in [-0.05, 0) is 30.3 Å². The number of sulfone groups is 1. The lowest BCUT2D eigenvalue weighted by Gasteiger charge is -2.37. The Morgan fingerprint density at radius 1 is 1.14 bits per heavy atom. The second-order valence-corrected chi connectivity index (χ2v) is 9.25. The van der Waals surface area contributed by atoms with E-state index >= 15 is 0 Å². The Hall–Kier alpha value is -2.23. The fourth-order valence-corrected chi connectivity index (χ4v) is 6.05. The zero-order chi connectivity index (χ0) is 21.2. The van der Waals surface area contributed by atoms with Gasteiger partial charge in [-0.15, -0.1) is 12.6 Å². The van der Waals surface area contributed by atoms with Gasteiger partial charge < -0.3 is 19.1 Å². The van der Waals surface area contributed by atoms with E-state index in [0.29, 0.717) is 16.3 Å². The van der Waals surface area contributed by atoms with Crippen LogP contribution in [0.25, 0.3) is 0 Å². The predicted octanol–water partition coefficient (Wildman–Crippen LogP) is 2.55. The lowest BCUT2D eigenvalue weighted by Crippen LogP contribution is -2.57. The van der Waals surface area contributed by atoms with Gasteiger partial charge in [0.05, 0.1) is 30.9 Å². The number of nitrogens with zero attached hydrogens (tertiary/aromatic N) is 1. The maximum Gasteiger partial charge on any atom is 0.348 e. The molecule has 1 saturated heterocycles. The van der Waals surface area contributed by atoms with Crippen molar-refractivity contribution < 1.29 is 27.4 Å². The topological polar surface area (TPSA) is 82.1 Å². The molecule has 0 aliphatic carbocycles. The largest absolute Gasteiger partial charge is 0.497 e. The second-order valence-electron chi connectivity index (χ2n) is 6.62. The van der Waals surface area contributed by atoms with E-state index < -0.39 is 26.8 Å². The monoisotopic (exact) mass is 437 g/mol. The Labute approximate surface area is 175 Å². The van der Waals surface area contributed by atoms with Crippen LogP contribution < -0.4 is 9.64 Å². The second kappa shape index (κ2) is 8.25. The van der Waals surface area contributed by atoms with Crippen molar-refractivity contribution in [1.29, 1.82) is 0 Å². The van der Waals surface area contributed by atoms with Gasteiger partial charge in [-0.25, -0.2) is 13.2 Å². The molecule has 1 aliphatic heterocycles. The maximum absolute atomic E-state index is 13.8. The fraction of sp³-hybridized carbons (Fsp3) is 0.350. The third kappa shape index (κ3) is 3.47. The van der Waals surface area contributed by atoms with Crippen molar-refractivity contribution in [2.24, 2.45) is 0 Å². The van der Waals surface area contributed by atoms with Gasteiger partial charge in [0.25, 0.3) is 0 Å². The molecule has 29 heavy (non-hydrogen) atoms. The summed E-state index contributed by atoms with van der Waals surface area (Å²) >= 11 is 4.50. The predicted molar refractivity (Wildman–Crippen MR) is 111 cm³/mol. The molecule has 0 radical (unpaired) electrons. The van der Waals surface area contributed by atoms with Gasteiger partial charge in [0.15, 0.2) is 0 Å². The van der Waals surface area contributed by atoms with E-state index in [0.717, 1.165) is 0 Å². The number of rotatable bonds is 6. The number of hydrogen-bond acceptors (Lipinski definition) is 8. The van der Waals surface area contributed by atoms with E-state index in [4.69, 9.17) is 14.2 Å². The zero-order valence-corrected chi connectivity index (χ0v) is 18.1. The number of anilines is 1. The molecule has 1 fully saturated rings. The molecule has 0 spiro atoms. The van der Waals surface area contributed by atoms with E-state index in [-0.39, 0.29) is 17.9 Å². The summed E-state index contributed by atoms with van der Waals surface area (Å²) in [6, 6.07) is 12.9. The highest BCUT2D eigenvalue weighted by Gasteiger charge is 2.62. The summed E-state index contributed by atoms with van der Waals surface area (Å²) in [5.74, 6) is -0.305. The molecular weight excluding hydrogens is 414 g/mol. The molecule has 2 atom stereocenters. The Balaban J connectivity index is 2.26. The van der Waals surface area contributed by atoms with Crippen molar-refractivity contribution in [1.82, 2.24) is 0 Å². The van der Waals surface area contributed by atoms with Crippen molar-refractivity contribution in [3.05, 3.63) is 48.5 Å². The highest BCUT2D eigenvalue weighted by atomic mass is 32.2. The van der Waals surface area contributed by atoms with Gasteiger partial charge in [0, 0.05) is 25.0 Å². The minimum Gasteiger partial charge on any atom is -0.497 e. The molecule has 2 aromatic rings. The Bertz CT molecular complexity index is 995. The van der Waals surface area contributed by atoms with Crippen molar-refractivity contribution in [3.8, 4) is 5.75 Å². The highest BCUT2D eigenvalue weighted by molar-refractivity contribution is 7.93. The van der Waals surface area contributed by atoms with Crippen LogP contribution in [-0.2, 0) is 24.1 Å². The van der Waals surface area contributed by atoms with Crippen LogP contribution in [0.2, 0.25) is 0 Å². The first kappa shape index (κ1) is 21.5. The third-order valence-electron chi connectivity index (χ3n) is 5.14. The van der Waals surface area contributed by atoms with Crippen LogP contribution in [0, 0.1) is 0 Å². The maximum atomic E-state index is 13.8. The minimum atomic E-state index is -4.18. The first-order valence-electron chi connectivity index (χ1n) is 8.87. The van der Waals surface area contributed by atoms with Gasteiger partial charge in [-0.3, -0.25) is 0 Å². The van der Waals surface area contributed by atoms with E-state index in [2.05, 4.69) is 12.6 Å². The average molecular weight is 438 g/mol. The van der Waals surface area contributed by atoms with Gasteiger partial charge >= 0.3 is 5.97 Å². The zero-order valence-electron chi connectivity index (χ0n) is 16.4. The molecule has 0 bridgehead atoms. The molecule has 0 saturated carbocycles. The molecular formula is C20H23NO6S2. The number of methoxy groups -OCH3 is 3. The normalized spacial score (nSPS) is 21.8. The van der Waals surface area contributed by atoms with Gasteiger partial charge in [-0.1, -0.05) is 18.2 Å². The first-order valence-corrected chi connectivity index (χ1v) is 10.8. The summed E-state index contributed by atoms with van der Waals surface area (Å²) in [6.45, 7) is 0.178. The SMILES string of the molecule is COC(=O)[C@]1(S(=O)(=O)c2ccccc2)C[C@H](OC)CN1c1ccc(OC)cc1S. The molecule has 0 amide bonds. The van der Waals surface area contributed by atoms with E-state index in [1.807, 2.05) is 0 Å². The molecule has 1 heterocycles. The average Bonchev–Trinajstić information content (AvgIpc) is 3.15. The van der Waals surface area contributed by atoms with Crippen molar-refractivity contribution in [2.45, 2.75) is 27.2 Å². The Kier molecular flexibility index (Phi) is 6.11. The molecule has 7 nitrogen and oxygen atoms in total. The van der Waals surface area contributed by atoms with Crippen LogP contribution in [0.1, 0.15) is 6.42 Å². The molecule has 0 aromatic heterocycles. The summed E-state index contributed by atoms with van der Waals surface area (Å²) < 4.78 is 43.3. The Morgan fingerprint density at radius 3 is 2.38 bits per heavy atom. The molecule has 9 heteroatoms. The van der Waals surface area contributed by atoms with Gasteiger partial charge in [0.1, 0.15) is 5.75 Å². The van der Waals surface area contributed by atoms with E-state index in [1.165, 1.54) is 38.4 Å². The molecule has 2 aromatic carbocycles. The van der Waals surface area contributed by atoms with E-state index in [1.54, 1.807) is 36.4 Å². The first-order chi connectivity index (χ1) is 13.8. The van der Waals surface area contributed by atoms with Crippen LogP contribution in [0.4, 0.5) is 5.69 Å². The number of ether oxygens (including phenoxy) is 3. The number of esters is 1. The summed E-state index contributed by atoms with van der Waals surface area (Å²) in [5.41, 5.74) is 0.471. The molecule has 0 N–H and O–H groups in total. The van der Waals surface area contributed by atoms with Gasteiger partial charge in [0.2, 0.25) is 14.7 Å². The number of hydrogen-bond donors (Lipinski definition) is 1. The Morgan fingerprint density at radius 2 is 1.83 bits per heavy atom. The van der Waals surface area contributed by atoms with Crippen LogP contribution >= 0.6 is 12.6 Å². The summed E-state index contributed by atoms with van der Waals surface area (Å²) in [4.78, 5) is 13.1. The summed E-state index contributed by atoms with van der Waals surface area (Å²) in [6.07, 6.45) is -0.574. The van der Waals surface area contributed by atoms with Crippen LogP contribution in [0.5, 0.6) is 5.75 Å². The summed E-state index contributed by atoms with van der Waals surface area (Å²) in [5, 5.41) is 0. The number of carbonyl (C=O) groups excluding carboxylic acids is 1. The van der Waals surface area contributed by atoms with Crippen LogP contribution in [0.3, 0.4) is 0 Å². The van der Waals surface area contributed by atoms with E-state index in [9.17, 15) is 13.2 Å². The third-order valence-corrected chi connectivity index (χ3v) is 7.83. The van der Waals surface area contributed by atoms with Gasteiger partial charge in [-0.2, -0.15) is 0 Å². The quantitative estimate of drug-likeness (QED) is 0.549. The highest BCUT2D eigenvalue weighted by Crippen LogP contribution is 2.45. The number of benzene rings is 2. The van der Waals surface area contributed by atoms with Crippen molar-refractivity contribution in [3.63, 3.8) is 0 Å². The molecule has 1 aliphatic rings. The molecule has 3 rings (SSSR count). The lowest BCUT2D eigenvalue weighted by atomic mass is 10.1. The molecule has 156 valence electrons. The van der Waals surface area contributed by atoms with Crippen LogP contribution in [-0.4, -0.2) is 53.2 Å². The minimum absolute atomic E-state index is 0.0291. The molecule has 0 unspecified atom stereocenters. The smallest absolute Gasteiger partial charge is 0.348 e. The fourth-order valence-electron chi connectivity index (χ4n) is 3.66. The number of thiol groups is 1. The lowest BCUT2D eigenvalue weighted by molar-refractivity contribution is -0.143. The number of carbonyl (C=O) groups is 1. The summed E-state index contributed by atoms with van der Waals surface area (Å²) in [7, 11) is 0.0134. The standard InChI is InChI=1S/C20H23NO6S2/c1-25-14-9-10-17(18(28)11-14)21-13-15(26-2)12-20(21,19(22)27-3)29(23,24)16-7-5-4-6-8-16/h4-11,15,28H,12-13H2,1-3H3/t15-,20+/m0/s1. The van der Waals surface area contributed by atoms with Crippen LogP contribution in [0.15, 0.2) is 58.3 Å². The van der Waals surface area contributed by atoms with Crippen molar-refractivity contribution >= 4 is 34.1 Å².